The van der Waals surface area contributed by atoms with E-state index in [4.69, 9.17) is 0 Å². The first kappa shape index (κ1) is 10.8. The Morgan fingerprint density at radius 1 is 1.62 bits per heavy atom. The number of thioether (sulfide) groups is 1. The summed E-state index contributed by atoms with van der Waals surface area (Å²) in [5.41, 5.74) is 0.900. The fraction of sp³-hybridized carbons (Fsp3) is 0.636. The summed E-state index contributed by atoms with van der Waals surface area (Å²) in [5, 5.41) is 0. The predicted molar refractivity (Wildman–Crippen MR) is 58.7 cm³/mol. The van der Waals surface area contributed by atoms with E-state index in [-0.39, 0.29) is 11.7 Å². The summed E-state index contributed by atoms with van der Waals surface area (Å²) >= 11 is 1.82. The second-order valence-corrected chi connectivity index (χ2v) is 4.57. The van der Waals surface area contributed by atoms with Gasteiger partial charge in [-0.05, 0) is 24.2 Å². The van der Waals surface area contributed by atoms with E-state index in [1.54, 1.807) is 0 Å². The molecule has 0 aliphatic heterocycles. The molecule has 1 rings (SSSR count). The average Bonchev–Trinajstić information content (AvgIpc) is 2.13. The number of halogens is 1. The molecule has 1 unspecified atom stereocenters. The van der Waals surface area contributed by atoms with Crippen LogP contribution >= 0.6 is 11.8 Å². The average molecular weight is 200 g/mol. The van der Waals surface area contributed by atoms with Crippen molar-refractivity contribution in [1.29, 1.82) is 0 Å². The molecule has 0 bridgehead atoms. The predicted octanol–water partition coefficient (Wildman–Crippen LogP) is 3.95. The zero-order valence-electron chi connectivity index (χ0n) is 8.35. The summed E-state index contributed by atoms with van der Waals surface area (Å²) in [6.07, 6.45) is 6.04. The zero-order chi connectivity index (χ0) is 9.68. The van der Waals surface area contributed by atoms with E-state index >= 15 is 0 Å². The van der Waals surface area contributed by atoms with Crippen molar-refractivity contribution in [1.82, 2.24) is 0 Å². The highest BCUT2D eigenvalue weighted by Crippen LogP contribution is 2.27. The molecule has 1 aliphatic rings. The first-order valence-corrected chi connectivity index (χ1v) is 6.04. The third kappa shape index (κ3) is 3.18. The molecule has 0 nitrogen and oxygen atoms in total. The van der Waals surface area contributed by atoms with Gasteiger partial charge in [-0.2, -0.15) is 11.8 Å². The van der Waals surface area contributed by atoms with Gasteiger partial charge in [0, 0.05) is 11.7 Å². The van der Waals surface area contributed by atoms with Crippen LogP contribution in [-0.4, -0.2) is 11.5 Å². The maximum atomic E-state index is 13.5. The molecule has 0 amide bonds. The second-order valence-electron chi connectivity index (χ2n) is 3.46. The van der Waals surface area contributed by atoms with Crippen molar-refractivity contribution in [2.24, 2.45) is 5.92 Å². The molecule has 1 atom stereocenters. The van der Waals surface area contributed by atoms with E-state index in [0.29, 0.717) is 0 Å². The number of rotatable bonds is 4. The van der Waals surface area contributed by atoms with Crippen LogP contribution in [0.3, 0.4) is 0 Å². The van der Waals surface area contributed by atoms with Crippen LogP contribution in [0, 0.1) is 5.92 Å². The van der Waals surface area contributed by atoms with Gasteiger partial charge in [0.25, 0.3) is 0 Å². The molecule has 0 fully saturated rings. The Bertz CT molecular complexity index is 218. The topological polar surface area (TPSA) is 0 Å². The number of hydrogen-bond acceptors (Lipinski definition) is 1. The van der Waals surface area contributed by atoms with Gasteiger partial charge in [0.2, 0.25) is 0 Å². The second kappa shape index (κ2) is 5.48. The minimum Gasteiger partial charge on any atom is -0.211 e. The molecular weight excluding hydrogens is 183 g/mol. The van der Waals surface area contributed by atoms with Crippen molar-refractivity contribution in [3.05, 3.63) is 23.6 Å². The molecule has 0 aromatic heterocycles. The summed E-state index contributed by atoms with van der Waals surface area (Å²) < 4.78 is 13.5. The molecule has 0 saturated carbocycles. The molecule has 0 heterocycles. The standard InChI is InChI=1S/C11H17FS/c1-3-7-13-8-10-6-4-5-9(2)11(10)12/h4,6,9H,3,5,7-8H2,1-2H3. The van der Waals surface area contributed by atoms with Crippen LogP contribution in [0.1, 0.15) is 26.7 Å². The maximum Gasteiger partial charge on any atom is 0.107 e. The molecule has 0 N–H and O–H groups in total. The van der Waals surface area contributed by atoms with Gasteiger partial charge >= 0.3 is 0 Å². The Morgan fingerprint density at radius 3 is 3.08 bits per heavy atom. The van der Waals surface area contributed by atoms with Crippen molar-refractivity contribution in [3.63, 3.8) is 0 Å². The van der Waals surface area contributed by atoms with Crippen LogP contribution in [0.4, 0.5) is 4.39 Å². The Labute approximate surface area is 84.3 Å². The van der Waals surface area contributed by atoms with Gasteiger partial charge < -0.3 is 0 Å². The Hall–Kier alpha value is -0.240. The van der Waals surface area contributed by atoms with Crippen LogP contribution in [0.15, 0.2) is 23.6 Å². The minimum atomic E-state index is 0.0993. The molecule has 74 valence electrons. The van der Waals surface area contributed by atoms with Crippen molar-refractivity contribution in [2.45, 2.75) is 26.7 Å². The maximum absolute atomic E-state index is 13.5. The first-order chi connectivity index (χ1) is 6.25. The highest BCUT2D eigenvalue weighted by atomic mass is 32.2. The van der Waals surface area contributed by atoms with Gasteiger partial charge in [0.15, 0.2) is 0 Å². The molecule has 0 saturated heterocycles. The van der Waals surface area contributed by atoms with Gasteiger partial charge in [0.05, 0.1) is 0 Å². The normalized spacial score (nSPS) is 22.5. The fourth-order valence-corrected chi connectivity index (χ4v) is 2.24. The van der Waals surface area contributed by atoms with E-state index in [1.165, 1.54) is 6.42 Å². The quantitative estimate of drug-likeness (QED) is 0.619. The molecule has 0 aromatic carbocycles. The van der Waals surface area contributed by atoms with Crippen molar-refractivity contribution >= 4 is 11.8 Å². The lowest BCUT2D eigenvalue weighted by Gasteiger charge is -2.15. The van der Waals surface area contributed by atoms with E-state index in [9.17, 15) is 4.39 Å². The Kier molecular flexibility index (Phi) is 4.57. The molecule has 0 spiro atoms. The van der Waals surface area contributed by atoms with Crippen molar-refractivity contribution in [2.75, 3.05) is 11.5 Å². The van der Waals surface area contributed by atoms with Gasteiger partial charge in [-0.3, -0.25) is 0 Å². The van der Waals surface area contributed by atoms with Crippen LogP contribution < -0.4 is 0 Å². The lowest BCUT2D eigenvalue weighted by Crippen LogP contribution is -2.03. The highest BCUT2D eigenvalue weighted by Gasteiger charge is 2.14. The van der Waals surface area contributed by atoms with Gasteiger partial charge in [-0.25, -0.2) is 4.39 Å². The lowest BCUT2D eigenvalue weighted by molar-refractivity contribution is 0.483. The summed E-state index contributed by atoms with van der Waals surface area (Å²) in [6.45, 7) is 4.10. The first-order valence-electron chi connectivity index (χ1n) is 4.88. The van der Waals surface area contributed by atoms with E-state index in [0.717, 1.165) is 23.5 Å². The lowest BCUT2D eigenvalue weighted by atomic mass is 9.97. The highest BCUT2D eigenvalue weighted by molar-refractivity contribution is 7.99. The number of allylic oxidation sites excluding steroid dienone is 3. The minimum absolute atomic E-state index is 0.0993. The Balaban J connectivity index is 2.46. The van der Waals surface area contributed by atoms with Crippen LogP contribution in [0.25, 0.3) is 0 Å². The van der Waals surface area contributed by atoms with E-state index < -0.39 is 0 Å². The largest absolute Gasteiger partial charge is 0.211 e. The Morgan fingerprint density at radius 2 is 2.38 bits per heavy atom. The van der Waals surface area contributed by atoms with E-state index in [2.05, 4.69) is 13.0 Å². The fourth-order valence-electron chi connectivity index (χ4n) is 1.36. The van der Waals surface area contributed by atoms with Crippen LogP contribution in [-0.2, 0) is 0 Å². The molecule has 13 heavy (non-hydrogen) atoms. The molecular formula is C11H17FS. The van der Waals surface area contributed by atoms with Gasteiger partial charge in [-0.1, -0.05) is 26.0 Å². The monoisotopic (exact) mass is 200 g/mol. The third-order valence-electron chi connectivity index (χ3n) is 2.15. The molecule has 1 aliphatic carbocycles. The van der Waals surface area contributed by atoms with Crippen LogP contribution in [0.2, 0.25) is 0 Å². The van der Waals surface area contributed by atoms with Gasteiger partial charge in [-0.15, -0.1) is 0 Å². The zero-order valence-corrected chi connectivity index (χ0v) is 9.16. The molecule has 0 aromatic rings. The van der Waals surface area contributed by atoms with E-state index in [1.807, 2.05) is 24.8 Å². The summed E-state index contributed by atoms with van der Waals surface area (Å²) in [4.78, 5) is 0. The van der Waals surface area contributed by atoms with Crippen molar-refractivity contribution < 1.29 is 4.39 Å². The van der Waals surface area contributed by atoms with Crippen molar-refractivity contribution in [3.8, 4) is 0 Å². The molecule has 0 radical (unpaired) electrons. The smallest absolute Gasteiger partial charge is 0.107 e. The van der Waals surface area contributed by atoms with Gasteiger partial charge in [0.1, 0.15) is 5.83 Å². The summed E-state index contributed by atoms with van der Waals surface area (Å²) in [7, 11) is 0. The summed E-state index contributed by atoms with van der Waals surface area (Å²) in [5.74, 6) is 2.16. The number of hydrogen-bond donors (Lipinski definition) is 0. The third-order valence-corrected chi connectivity index (χ3v) is 3.37. The summed E-state index contributed by atoms with van der Waals surface area (Å²) in [6, 6.07) is 0. The SMILES string of the molecule is CCCSCC1=C(F)C(C)CC=C1. The molecule has 2 heteroatoms. The van der Waals surface area contributed by atoms with Crippen LogP contribution in [0.5, 0.6) is 0 Å².